The van der Waals surface area contributed by atoms with Crippen LogP contribution in [-0.2, 0) is 9.59 Å². The van der Waals surface area contributed by atoms with E-state index in [0.717, 1.165) is 16.8 Å². The molecule has 1 saturated heterocycles. The van der Waals surface area contributed by atoms with Gasteiger partial charge in [-0.1, -0.05) is 6.07 Å². The van der Waals surface area contributed by atoms with Crippen LogP contribution in [0.2, 0.25) is 0 Å². The van der Waals surface area contributed by atoms with Gasteiger partial charge in [0.15, 0.2) is 0 Å². The third kappa shape index (κ3) is 3.30. The maximum Gasteiger partial charge on any atom is 0.247 e. The number of rotatable bonds is 3. The summed E-state index contributed by atoms with van der Waals surface area (Å²) in [6, 6.07) is 10.9. The fourth-order valence-corrected chi connectivity index (χ4v) is 3.13. The van der Waals surface area contributed by atoms with E-state index in [0.29, 0.717) is 18.5 Å². The lowest BCUT2D eigenvalue weighted by Crippen LogP contribution is -2.41. The van der Waals surface area contributed by atoms with E-state index < -0.39 is 6.04 Å². The number of hydrogen-bond donors (Lipinski definition) is 1. The number of halogens is 1. The van der Waals surface area contributed by atoms with Gasteiger partial charge in [-0.05, 0) is 67.8 Å². The highest BCUT2D eigenvalue weighted by Gasteiger charge is 2.37. The van der Waals surface area contributed by atoms with Crippen molar-refractivity contribution in [2.24, 2.45) is 0 Å². The normalized spacial score (nSPS) is 17.2. The molecular formula is C19H19FN2O2. The number of aryl methyl sites for hydroxylation is 2. The highest BCUT2D eigenvalue weighted by Crippen LogP contribution is 2.28. The molecule has 3 rings (SSSR count). The molecule has 24 heavy (non-hydrogen) atoms. The molecule has 1 aliphatic rings. The quantitative estimate of drug-likeness (QED) is 0.937. The van der Waals surface area contributed by atoms with Crippen LogP contribution >= 0.6 is 0 Å². The third-order valence-electron chi connectivity index (χ3n) is 4.11. The maximum absolute atomic E-state index is 13.1. The first kappa shape index (κ1) is 16.2. The van der Waals surface area contributed by atoms with Gasteiger partial charge in [-0.3, -0.25) is 14.5 Å². The lowest BCUT2D eigenvalue weighted by atomic mass is 10.1. The van der Waals surface area contributed by atoms with E-state index in [4.69, 9.17) is 0 Å². The number of benzene rings is 2. The Hall–Kier alpha value is -2.69. The standard InChI is InChI=1S/C19H19FN2O2/c1-12-9-13(2)11-15(10-12)21-19(24)17-7-8-18(23)22(17)16-5-3-14(20)4-6-16/h3-6,9-11,17H,7-8H2,1-2H3,(H,21,24). The van der Waals surface area contributed by atoms with Crippen molar-refractivity contribution in [2.45, 2.75) is 32.7 Å². The van der Waals surface area contributed by atoms with Crippen molar-refractivity contribution in [1.29, 1.82) is 0 Å². The van der Waals surface area contributed by atoms with Crippen LogP contribution in [0.5, 0.6) is 0 Å². The van der Waals surface area contributed by atoms with E-state index in [1.54, 1.807) is 0 Å². The number of hydrogen-bond acceptors (Lipinski definition) is 2. The van der Waals surface area contributed by atoms with Crippen LogP contribution in [0, 0.1) is 19.7 Å². The fourth-order valence-electron chi connectivity index (χ4n) is 3.13. The highest BCUT2D eigenvalue weighted by molar-refractivity contribution is 6.07. The van der Waals surface area contributed by atoms with E-state index in [1.165, 1.54) is 29.2 Å². The van der Waals surface area contributed by atoms with E-state index in [1.807, 2.05) is 32.0 Å². The van der Waals surface area contributed by atoms with Crippen molar-refractivity contribution in [3.05, 3.63) is 59.4 Å². The summed E-state index contributed by atoms with van der Waals surface area (Å²) < 4.78 is 13.1. The summed E-state index contributed by atoms with van der Waals surface area (Å²) in [5, 5.41) is 2.89. The molecule has 1 N–H and O–H groups in total. The summed E-state index contributed by atoms with van der Waals surface area (Å²) in [5.74, 6) is -0.723. The molecule has 0 aliphatic carbocycles. The zero-order chi connectivity index (χ0) is 17.3. The van der Waals surface area contributed by atoms with Gasteiger partial charge in [-0.15, -0.1) is 0 Å². The van der Waals surface area contributed by atoms with Gasteiger partial charge < -0.3 is 5.32 Å². The van der Waals surface area contributed by atoms with Gasteiger partial charge in [0.25, 0.3) is 0 Å². The first-order valence-corrected chi connectivity index (χ1v) is 7.91. The van der Waals surface area contributed by atoms with Gasteiger partial charge in [0.2, 0.25) is 11.8 Å². The first-order valence-electron chi connectivity index (χ1n) is 7.91. The predicted octanol–water partition coefficient (Wildman–Crippen LogP) is 3.58. The number of nitrogens with one attached hydrogen (secondary N) is 1. The number of carbonyl (C=O) groups is 2. The second-order valence-electron chi connectivity index (χ2n) is 6.16. The molecule has 0 radical (unpaired) electrons. The molecule has 1 unspecified atom stereocenters. The Labute approximate surface area is 140 Å². The van der Waals surface area contributed by atoms with Gasteiger partial charge >= 0.3 is 0 Å². The van der Waals surface area contributed by atoms with Crippen molar-refractivity contribution in [1.82, 2.24) is 0 Å². The van der Waals surface area contributed by atoms with Crippen LogP contribution in [0.4, 0.5) is 15.8 Å². The number of nitrogens with zero attached hydrogens (tertiary/aromatic N) is 1. The van der Waals surface area contributed by atoms with Gasteiger partial charge in [0.1, 0.15) is 11.9 Å². The number of amides is 2. The molecule has 2 amide bonds. The Bertz CT molecular complexity index is 766. The van der Waals surface area contributed by atoms with Crippen LogP contribution in [0.15, 0.2) is 42.5 Å². The molecule has 2 aromatic rings. The number of anilines is 2. The Kier molecular flexibility index (Phi) is 4.34. The molecule has 1 aliphatic heterocycles. The lowest BCUT2D eigenvalue weighted by molar-refractivity contribution is -0.120. The zero-order valence-electron chi connectivity index (χ0n) is 13.7. The SMILES string of the molecule is Cc1cc(C)cc(NC(=O)C2CCC(=O)N2c2ccc(F)cc2)c1. The second kappa shape index (κ2) is 6.43. The van der Waals surface area contributed by atoms with Crippen molar-refractivity contribution < 1.29 is 14.0 Å². The van der Waals surface area contributed by atoms with Gasteiger partial charge in [-0.25, -0.2) is 4.39 Å². The summed E-state index contributed by atoms with van der Waals surface area (Å²) in [5.41, 5.74) is 3.38. The van der Waals surface area contributed by atoms with Gasteiger partial charge in [0, 0.05) is 17.8 Å². The van der Waals surface area contributed by atoms with Crippen molar-refractivity contribution >= 4 is 23.2 Å². The van der Waals surface area contributed by atoms with Crippen molar-refractivity contribution in [2.75, 3.05) is 10.2 Å². The molecule has 0 bridgehead atoms. The second-order valence-corrected chi connectivity index (χ2v) is 6.16. The zero-order valence-corrected chi connectivity index (χ0v) is 13.7. The molecule has 5 heteroatoms. The van der Waals surface area contributed by atoms with Crippen LogP contribution in [-0.4, -0.2) is 17.9 Å². The fraction of sp³-hybridized carbons (Fsp3) is 0.263. The molecule has 0 spiro atoms. The monoisotopic (exact) mass is 326 g/mol. The van der Waals surface area contributed by atoms with Gasteiger partial charge in [0.05, 0.1) is 0 Å². The van der Waals surface area contributed by atoms with Crippen LogP contribution in [0.3, 0.4) is 0 Å². The third-order valence-corrected chi connectivity index (χ3v) is 4.11. The molecular weight excluding hydrogens is 307 g/mol. The maximum atomic E-state index is 13.1. The van der Waals surface area contributed by atoms with E-state index in [-0.39, 0.29) is 17.6 Å². The molecule has 124 valence electrons. The largest absolute Gasteiger partial charge is 0.324 e. The van der Waals surface area contributed by atoms with Crippen LogP contribution in [0.1, 0.15) is 24.0 Å². The van der Waals surface area contributed by atoms with Crippen molar-refractivity contribution in [3.63, 3.8) is 0 Å². The number of carbonyl (C=O) groups excluding carboxylic acids is 2. The van der Waals surface area contributed by atoms with Crippen molar-refractivity contribution in [3.8, 4) is 0 Å². The van der Waals surface area contributed by atoms with Gasteiger partial charge in [-0.2, -0.15) is 0 Å². The van der Waals surface area contributed by atoms with E-state index >= 15 is 0 Å². The summed E-state index contributed by atoms with van der Waals surface area (Å²) in [6.07, 6.45) is 0.759. The van der Waals surface area contributed by atoms with Crippen LogP contribution < -0.4 is 10.2 Å². The highest BCUT2D eigenvalue weighted by atomic mass is 19.1. The van der Waals surface area contributed by atoms with Crippen LogP contribution in [0.25, 0.3) is 0 Å². The lowest BCUT2D eigenvalue weighted by Gasteiger charge is -2.24. The average molecular weight is 326 g/mol. The average Bonchev–Trinajstić information content (AvgIpc) is 2.89. The summed E-state index contributed by atoms with van der Waals surface area (Å²) >= 11 is 0. The smallest absolute Gasteiger partial charge is 0.247 e. The Morgan fingerprint density at radius 3 is 2.38 bits per heavy atom. The summed E-state index contributed by atoms with van der Waals surface area (Å²) in [7, 11) is 0. The molecule has 0 aromatic heterocycles. The molecule has 4 nitrogen and oxygen atoms in total. The van der Waals surface area contributed by atoms with E-state index in [2.05, 4.69) is 5.32 Å². The Morgan fingerprint density at radius 1 is 1.12 bits per heavy atom. The minimum atomic E-state index is -0.580. The summed E-state index contributed by atoms with van der Waals surface area (Å²) in [6.45, 7) is 3.93. The molecule has 0 saturated carbocycles. The van der Waals surface area contributed by atoms with E-state index in [9.17, 15) is 14.0 Å². The molecule has 2 aromatic carbocycles. The molecule has 1 heterocycles. The summed E-state index contributed by atoms with van der Waals surface area (Å²) in [4.78, 5) is 26.3. The molecule has 1 atom stereocenters. The minimum Gasteiger partial charge on any atom is -0.324 e. The first-order chi connectivity index (χ1) is 11.4. The molecule has 1 fully saturated rings. The Balaban J connectivity index is 1.82. The Morgan fingerprint density at radius 2 is 1.75 bits per heavy atom. The predicted molar refractivity (Wildman–Crippen MR) is 91.5 cm³/mol. The minimum absolute atomic E-state index is 0.123. The topological polar surface area (TPSA) is 49.4 Å².